The molecule has 1 fully saturated rings. The molecule has 6 heteroatoms. The van der Waals surface area contributed by atoms with Crippen LogP contribution in [0, 0.1) is 5.92 Å². The summed E-state index contributed by atoms with van der Waals surface area (Å²) < 4.78 is 9.94. The SMILES string of the molecule is COC(=O)c1ccc(CN(C)C(=O)NCC2CCOC2)cc1. The fourth-order valence-corrected chi connectivity index (χ4v) is 2.32. The number of nitrogens with one attached hydrogen (secondary N) is 1. The van der Waals surface area contributed by atoms with Gasteiger partial charge >= 0.3 is 12.0 Å². The van der Waals surface area contributed by atoms with E-state index in [4.69, 9.17) is 4.74 Å². The second-order valence-electron chi connectivity index (χ2n) is 5.46. The van der Waals surface area contributed by atoms with E-state index in [-0.39, 0.29) is 12.0 Å². The molecule has 0 radical (unpaired) electrons. The lowest BCUT2D eigenvalue weighted by atomic mass is 10.1. The summed E-state index contributed by atoms with van der Waals surface area (Å²) in [4.78, 5) is 25.0. The molecule has 1 aliphatic rings. The van der Waals surface area contributed by atoms with Crippen molar-refractivity contribution in [1.29, 1.82) is 0 Å². The zero-order chi connectivity index (χ0) is 15.9. The number of urea groups is 1. The maximum Gasteiger partial charge on any atom is 0.337 e. The molecule has 0 aliphatic carbocycles. The van der Waals surface area contributed by atoms with Gasteiger partial charge in [-0.05, 0) is 24.1 Å². The molecule has 0 spiro atoms. The van der Waals surface area contributed by atoms with Gasteiger partial charge in [0, 0.05) is 32.7 Å². The molecule has 120 valence electrons. The van der Waals surface area contributed by atoms with Crippen molar-refractivity contribution in [2.24, 2.45) is 5.92 Å². The van der Waals surface area contributed by atoms with Crippen molar-refractivity contribution in [2.75, 3.05) is 33.9 Å². The van der Waals surface area contributed by atoms with Gasteiger partial charge in [-0.2, -0.15) is 0 Å². The Morgan fingerprint density at radius 1 is 1.36 bits per heavy atom. The third-order valence-corrected chi connectivity index (χ3v) is 3.71. The molecule has 1 saturated heterocycles. The van der Waals surface area contributed by atoms with Crippen LogP contribution in [-0.2, 0) is 16.0 Å². The molecule has 1 aliphatic heterocycles. The van der Waals surface area contributed by atoms with E-state index in [0.29, 0.717) is 24.6 Å². The standard InChI is InChI=1S/C16H22N2O4/c1-18(16(20)17-9-13-7-8-22-11-13)10-12-3-5-14(6-4-12)15(19)21-2/h3-6,13H,7-11H2,1-2H3,(H,17,20). The molecule has 0 aromatic heterocycles. The van der Waals surface area contributed by atoms with Crippen molar-refractivity contribution in [3.8, 4) is 0 Å². The van der Waals surface area contributed by atoms with Crippen molar-refractivity contribution in [3.05, 3.63) is 35.4 Å². The number of carbonyl (C=O) groups excluding carboxylic acids is 2. The topological polar surface area (TPSA) is 67.9 Å². The predicted octanol–water partition coefficient (Wildman–Crippen LogP) is 1.65. The summed E-state index contributed by atoms with van der Waals surface area (Å²) in [5, 5.41) is 2.92. The average Bonchev–Trinajstić information content (AvgIpc) is 3.06. The molecule has 1 unspecified atom stereocenters. The Labute approximate surface area is 130 Å². The van der Waals surface area contributed by atoms with Crippen molar-refractivity contribution >= 4 is 12.0 Å². The Kier molecular flexibility index (Phi) is 5.77. The van der Waals surface area contributed by atoms with Gasteiger partial charge < -0.3 is 19.7 Å². The summed E-state index contributed by atoms with van der Waals surface area (Å²) in [6, 6.07) is 6.93. The highest BCUT2D eigenvalue weighted by Crippen LogP contribution is 2.11. The van der Waals surface area contributed by atoms with Crippen LogP contribution in [0.15, 0.2) is 24.3 Å². The normalized spacial score (nSPS) is 17.1. The third kappa shape index (κ3) is 4.46. The van der Waals surface area contributed by atoms with Gasteiger partial charge in [0.25, 0.3) is 0 Å². The lowest BCUT2D eigenvalue weighted by Gasteiger charge is -2.19. The quantitative estimate of drug-likeness (QED) is 0.840. The van der Waals surface area contributed by atoms with Gasteiger partial charge in [0.1, 0.15) is 0 Å². The number of rotatable bonds is 5. The molecule has 22 heavy (non-hydrogen) atoms. The summed E-state index contributed by atoms with van der Waals surface area (Å²) in [5.41, 5.74) is 1.45. The highest BCUT2D eigenvalue weighted by molar-refractivity contribution is 5.89. The minimum absolute atomic E-state index is 0.107. The predicted molar refractivity (Wildman–Crippen MR) is 81.6 cm³/mol. The number of carbonyl (C=O) groups is 2. The first-order valence-corrected chi connectivity index (χ1v) is 7.34. The second-order valence-corrected chi connectivity index (χ2v) is 5.46. The van der Waals surface area contributed by atoms with Crippen LogP contribution in [0.2, 0.25) is 0 Å². The average molecular weight is 306 g/mol. The lowest BCUT2D eigenvalue weighted by Crippen LogP contribution is -2.39. The van der Waals surface area contributed by atoms with Crippen LogP contribution in [0.4, 0.5) is 4.79 Å². The largest absolute Gasteiger partial charge is 0.465 e. The first-order chi connectivity index (χ1) is 10.6. The van der Waals surface area contributed by atoms with Crippen molar-refractivity contribution in [3.63, 3.8) is 0 Å². The Hall–Kier alpha value is -2.08. The second kappa shape index (κ2) is 7.79. The van der Waals surface area contributed by atoms with Gasteiger partial charge in [-0.15, -0.1) is 0 Å². The lowest BCUT2D eigenvalue weighted by molar-refractivity contribution is 0.0600. The zero-order valence-electron chi connectivity index (χ0n) is 13.0. The van der Waals surface area contributed by atoms with E-state index in [0.717, 1.165) is 25.2 Å². The summed E-state index contributed by atoms with van der Waals surface area (Å²) >= 11 is 0. The number of esters is 1. The van der Waals surface area contributed by atoms with Crippen molar-refractivity contribution in [1.82, 2.24) is 10.2 Å². The number of amides is 2. The third-order valence-electron chi connectivity index (χ3n) is 3.71. The molecule has 6 nitrogen and oxygen atoms in total. The first kappa shape index (κ1) is 16.3. The molecule has 2 amide bonds. The van der Waals surface area contributed by atoms with Gasteiger partial charge in [-0.3, -0.25) is 0 Å². The van der Waals surface area contributed by atoms with Crippen LogP contribution in [-0.4, -0.2) is 50.8 Å². The molecule has 1 atom stereocenters. The van der Waals surface area contributed by atoms with Crippen LogP contribution in [0.3, 0.4) is 0 Å². The fourth-order valence-electron chi connectivity index (χ4n) is 2.32. The molecule has 1 heterocycles. The molecule has 0 bridgehead atoms. The molecule has 1 aromatic carbocycles. The van der Waals surface area contributed by atoms with E-state index in [1.165, 1.54) is 7.11 Å². The van der Waals surface area contributed by atoms with Crippen molar-refractivity contribution < 1.29 is 19.1 Å². The van der Waals surface area contributed by atoms with Gasteiger partial charge in [0.2, 0.25) is 0 Å². The van der Waals surface area contributed by atoms with E-state index in [9.17, 15) is 9.59 Å². The van der Waals surface area contributed by atoms with Gasteiger partial charge in [-0.25, -0.2) is 9.59 Å². The number of nitrogens with zero attached hydrogens (tertiary/aromatic N) is 1. The van der Waals surface area contributed by atoms with Crippen LogP contribution < -0.4 is 5.32 Å². The van der Waals surface area contributed by atoms with Crippen LogP contribution in [0.5, 0.6) is 0 Å². The van der Waals surface area contributed by atoms with Crippen LogP contribution in [0.1, 0.15) is 22.3 Å². The maximum absolute atomic E-state index is 12.0. The number of methoxy groups -OCH3 is 1. The number of hydrogen-bond acceptors (Lipinski definition) is 4. The highest BCUT2D eigenvalue weighted by Gasteiger charge is 2.17. The van der Waals surface area contributed by atoms with Crippen molar-refractivity contribution in [2.45, 2.75) is 13.0 Å². The van der Waals surface area contributed by atoms with E-state index < -0.39 is 0 Å². The van der Waals surface area contributed by atoms with Gasteiger partial charge in [-0.1, -0.05) is 12.1 Å². The van der Waals surface area contributed by atoms with Crippen LogP contribution in [0.25, 0.3) is 0 Å². The first-order valence-electron chi connectivity index (χ1n) is 7.34. The monoisotopic (exact) mass is 306 g/mol. The Morgan fingerprint density at radius 2 is 2.09 bits per heavy atom. The number of benzene rings is 1. The summed E-state index contributed by atoms with van der Waals surface area (Å²) in [6.45, 7) is 2.63. The molecule has 2 rings (SSSR count). The fraction of sp³-hybridized carbons (Fsp3) is 0.500. The van der Waals surface area contributed by atoms with E-state index in [1.807, 2.05) is 12.1 Å². The Bertz CT molecular complexity index is 509. The molecule has 0 saturated carbocycles. The van der Waals surface area contributed by atoms with Crippen LogP contribution >= 0.6 is 0 Å². The molecular formula is C16H22N2O4. The van der Waals surface area contributed by atoms with E-state index in [1.54, 1.807) is 24.1 Å². The van der Waals surface area contributed by atoms with E-state index >= 15 is 0 Å². The number of ether oxygens (including phenoxy) is 2. The summed E-state index contributed by atoms with van der Waals surface area (Å²) in [6.07, 6.45) is 0.999. The molecule has 1 N–H and O–H groups in total. The Balaban J connectivity index is 1.81. The summed E-state index contributed by atoms with van der Waals surface area (Å²) in [7, 11) is 3.10. The highest BCUT2D eigenvalue weighted by atomic mass is 16.5. The minimum Gasteiger partial charge on any atom is -0.465 e. The number of hydrogen-bond donors (Lipinski definition) is 1. The van der Waals surface area contributed by atoms with Gasteiger partial charge in [0.15, 0.2) is 0 Å². The Morgan fingerprint density at radius 3 is 2.68 bits per heavy atom. The zero-order valence-corrected chi connectivity index (χ0v) is 13.0. The molecule has 1 aromatic rings. The molecular weight excluding hydrogens is 284 g/mol. The minimum atomic E-state index is -0.364. The smallest absolute Gasteiger partial charge is 0.337 e. The maximum atomic E-state index is 12.0. The summed E-state index contributed by atoms with van der Waals surface area (Å²) in [5.74, 6) is 0.0492. The van der Waals surface area contributed by atoms with E-state index in [2.05, 4.69) is 10.1 Å². The van der Waals surface area contributed by atoms with Gasteiger partial charge in [0.05, 0.1) is 19.3 Å².